The first-order valence-electron chi connectivity index (χ1n) is 10.8. The van der Waals surface area contributed by atoms with Crippen LogP contribution in [-0.2, 0) is 9.59 Å². The monoisotopic (exact) mass is 511 g/mol. The molecule has 1 saturated heterocycles. The molecule has 0 aliphatic carbocycles. The van der Waals surface area contributed by atoms with Crippen LogP contribution in [0.15, 0.2) is 66.2 Å². The number of aliphatic hydroxyl groups is 1. The Balaban J connectivity index is 1.68. The Morgan fingerprint density at radius 2 is 1.74 bits per heavy atom. The average Bonchev–Trinajstić information content (AvgIpc) is 3.43. The largest absolute Gasteiger partial charge is 0.507 e. The van der Waals surface area contributed by atoms with Crippen molar-refractivity contribution in [2.45, 2.75) is 13.0 Å². The predicted molar refractivity (Wildman–Crippen MR) is 131 cm³/mol. The van der Waals surface area contributed by atoms with E-state index in [0.717, 1.165) is 0 Å². The maximum absolute atomic E-state index is 13.3. The maximum Gasteiger partial charge on any atom is 0.300 e. The van der Waals surface area contributed by atoms with Gasteiger partial charge in [-0.1, -0.05) is 35.3 Å². The van der Waals surface area contributed by atoms with E-state index >= 15 is 0 Å². The lowest BCUT2D eigenvalue weighted by molar-refractivity contribution is -0.132. The molecule has 7 nitrogen and oxygen atoms in total. The lowest BCUT2D eigenvalue weighted by Crippen LogP contribution is -2.29. The van der Waals surface area contributed by atoms with E-state index in [1.165, 1.54) is 23.1 Å². The van der Waals surface area contributed by atoms with Crippen LogP contribution in [0.4, 0.5) is 5.69 Å². The van der Waals surface area contributed by atoms with Crippen LogP contribution in [0.5, 0.6) is 17.2 Å². The van der Waals surface area contributed by atoms with Crippen LogP contribution in [0.25, 0.3) is 5.76 Å². The summed E-state index contributed by atoms with van der Waals surface area (Å²) in [4.78, 5) is 27.9. The number of hydrogen-bond donors (Lipinski definition) is 1. The van der Waals surface area contributed by atoms with Crippen LogP contribution < -0.4 is 19.1 Å². The Morgan fingerprint density at radius 1 is 1.00 bits per heavy atom. The molecular weight excluding hydrogens is 493 g/mol. The fraction of sp³-hybridized carbons (Fsp3) is 0.154. The fourth-order valence-electron chi connectivity index (χ4n) is 4.16. The number of benzene rings is 3. The number of ether oxygens (including phenoxy) is 3. The van der Waals surface area contributed by atoms with Crippen LogP contribution in [0, 0.1) is 0 Å². The van der Waals surface area contributed by atoms with Crippen molar-refractivity contribution in [3.8, 4) is 17.2 Å². The molecule has 0 spiro atoms. The molecule has 2 heterocycles. The van der Waals surface area contributed by atoms with Gasteiger partial charge in [0.05, 0.1) is 28.3 Å². The van der Waals surface area contributed by atoms with Crippen molar-refractivity contribution in [1.29, 1.82) is 0 Å². The van der Waals surface area contributed by atoms with Gasteiger partial charge in [-0.15, -0.1) is 0 Å². The number of anilines is 1. The van der Waals surface area contributed by atoms with Gasteiger partial charge in [0.2, 0.25) is 6.79 Å². The number of aliphatic hydroxyl groups excluding tert-OH is 1. The summed E-state index contributed by atoms with van der Waals surface area (Å²) in [5, 5.41) is 11.7. The zero-order valence-electron chi connectivity index (χ0n) is 18.5. The molecule has 1 atom stereocenters. The molecule has 5 rings (SSSR count). The van der Waals surface area contributed by atoms with E-state index in [1.54, 1.807) is 42.5 Å². The second-order valence-corrected chi connectivity index (χ2v) is 8.65. The van der Waals surface area contributed by atoms with E-state index in [2.05, 4.69) is 0 Å². The minimum Gasteiger partial charge on any atom is -0.507 e. The number of rotatable bonds is 5. The van der Waals surface area contributed by atoms with E-state index in [-0.39, 0.29) is 28.7 Å². The van der Waals surface area contributed by atoms with Crippen LogP contribution in [0.2, 0.25) is 10.0 Å². The summed E-state index contributed by atoms with van der Waals surface area (Å²) in [6.45, 7) is 2.43. The van der Waals surface area contributed by atoms with Crippen LogP contribution in [0.3, 0.4) is 0 Å². The first-order valence-corrected chi connectivity index (χ1v) is 11.5. The highest BCUT2D eigenvalue weighted by atomic mass is 35.5. The molecule has 35 heavy (non-hydrogen) atoms. The standard InChI is InChI=1S/C26H19Cl2NO6/c1-2-33-17-7-3-14(4-8-17)23-22(24(30)15-5-9-18(27)19(28)11-15)25(31)26(32)29(23)16-6-10-20-21(12-16)35-13-34-20/h3-12,23,30H,2,13H2,1H3/b24-22+. The third kappa shape index (κ3) is 4.07. The lowest BCUT2D eigenvalue weighted by atomic mass is 9.95. The Hall–Kier alpha value is -3.68. The number of Topliss-reactive ketones (excluding diaryl/α,β-unsaturated/α-hetero) is 1. The van der Waals surface area contributed by atoms with Crippen molar-refractivity contribution in [1.82, 2.24) is 0 Å². The molecule has 3 aromatic rings. The van der Waals surface area contributed by atoms with Crippen LogP contribution >= 0.6 is 23.2 Å². The third-order valence-electron chi connectivity index (χ3n) is 5.78. The molecule has 2 aliphatic rings. The van der Waals surface area contributed by atoms with Gasteiger partial charge in [-0.2, -0.15) is 0 Å². The SMILES string of the molecule is CCOc1ccc(C2/C(=C(\O)c3ccc(Cl)c(Cl)c3)C(=O)C(=O)N2c2ccc3c(c2)OCO3)cc1. The number of carbonyl (C=O) groups excluding carboxylic acids is 2. The Bertz CT molecular complexity index is 1370. The summed E-state index contributed by atoms with van der Waals surface area (Å²) in [6, 6.07) is 15.6. The van der Waals surface area contributed by atoms with E-state index in [0.29, 0.717) is 40.1 Å². The van der Waals surface area contributed by atoms with E-state index in [9.17, 15) is 14.7 Å². The molecule has 2 aliphatic heterocycles. The zero-order chi connectivity index (χ0) is 24.7. The number of hydrogen-bond acceptors (Lipinski definition) is 6. The second kappa shape index (κ2) is 9.17. The van der Waals surface area contributed by atoms with Crippen LogP contribution in [0.1, 0.15) is 24.1 Å². The minimum absolute atomic E-state index is 0.0667. The number of ketones is 1. The summed E-state index contributed by atoms with van der Waals surface area (Å²) in [5.41, 5.74) is 1.21. The Labute approximate surface area is 211 Å². The minimum atomic E-state index is -0.916. The first-order chi connectivity index (χ1) is 16.9. The van der Waals surface area contributed by atoms with Gasteiger partial charge in [-0.25, -0.2) is 0 Å². The molecule has 1 amide bonds. The van der Waals surface area contributed by atoms with Crippen molar-refractivity contribution < 1.29 is 28.9 Å². The Kier molecular flexibility index (Phi) is 6.05. The van der Waals surface area contributed by atoms with Crippen molar-refractivity contribution in [3.63, 3.8) is 0 Å². The molecule has 0 aromatic heterocycles. The first kappa shape index (κ1) is 23.1. The van der Waals surface area contributed by atoms with Gasteiger partial charge in [-0.05, 0) is 55.0 Å². The van der Waals surface area contributed by atoms with Gasteiger partial charge in [0.15, 0.2) is 11.5 Å². The Morgan fingerprint density at radius 3 is 2.46 bits per heavy atom. The van der Waals surface area contributed by atoms with Crippen molar-refractivity contribution in [2.75, 3.05) is 18.3 Å². The highest BCUT2D eigenvalue weighted by Crippen LogP contribution is 2.45. The number of halogens is 2. The molecule has 0 bridgehead atoms. The molecule has 178 valence electrons. The molecule has 0 saturated carbocycles. The van der Waals surface area contributed by atoms with E-state index in [1.807, 2.05) is 6.92 Å². The van der Waals surface area contributed by atoms with Gasteiger partial charge in [0.1, 0.15) is 11.5 Å². The van der Waals surface area contributed by atoms with Crippen molar-refractivity contribution >= 4 is 46.3 Å². The summed E-state index contributed by atoms with van der Waals surface area (Å²) < 4.78 is 16.4. The maximum atomic E-state index is 13.3. The average molecular weight is 512 g/mol. The topological polar surface area (TPSA) is 85.3 Å². The zero-order valence-corrected chi connectivity index (χ0v) is 20.0. The molecular formula is C26H19Cl2NO6. The molecule has 1 N–H and O–H groups in total. The summed E-state index contributed by atoms with van der Waals surface area (Å²) in [7, 11) is 0. The summed E-state index contributed by atoms with van der Waals surface area (Å²) >= 11 is 12.2. The number of amides is 1. The number of fused-ring (bicyclic) bond motifs is 1. The molecule has 0 radical (unpaired) electrons. The number of carbonyl (C=O) groups is 2. The van der Waals surface area contributed by atoms with Gasteiger partial charge >= 0.3 is 0 Å². The van der Waals surface area contributed by atoms with Crippen LogP contribution in [-0.4, -0.2) is 30.2 Å². The van der Waals surface area contributed by atoms with Gasteiger partial charge in [0.25, 0.3) is 11.7 Å². The van der Waals surface area contributed by atoms with E-state index < -0.39 is 17.7 Å². The van der Waals surface area contributed by atoms with Crippen molar-refractivity contribution in [3.05, 3.63) is 87.4 Å². The smallest absolute Gasteiger partial charge is 0.300 e. The third-order valence-corrected chi connectivity index (χ3v) is 6.52. The molecule has 1 fully saturated rings. The normalized spacial score (nSPS) is 18.3. The highest BCUT2D eigenvalue weighted by molar-refractivity contribution is 6.51. The summed E-state index contributed by atoms with van der Waals surface area (Å²) in [5.74, 6) is -0.336. The molecule has 9 heteroatoms. The predicted octanol–water partition coefficient (Wildman–Crippen LogP) is 5.75. The van der Waals surface area contributed by atoms with Gasteiger partial charge < -0.3 is 19.3 Å². The quantitative estimate of drug-likeness (QED) is 0.266. The summed E-state index contributed by atoms with van der Waals surface area (Å²) in [6.07, 6.45) is 0. The second-order valence-electron chi connectivity index (χ2n) is 7.84. The van der Waals surface area contributed by atoms with Gasteiger partial charge in [0, 0.05) is 17.3 Å². The van der Waals surface area contributed by atoms with Gasteiger partial charge in [-0.3, -0.25) is 14.5 Å². The van der Waals surface area contributed by atoms with Crippen molar-refractivity contribution in [2.24, 2.45) is 0 Å². The van der Waals surface area contributed by atoms with E-state index in [4.69, 9.17) is 37.4 Å². The highest BCUT2D eigenvalue weighted by Gasteiger charge is 2.47. The number of nitrogens with zero attached hydrogens (tertiary/aromatic N) is 1. The molecule has 1 unspecified atom stereocenters. The lowest BCUT2D eigenvalue weighted by Gasteiger charge is -2.25. The fourth-order valence-corrected chi connectivity index (χ4v) is 4.46. The molecule has 3 aromatic carbocycles.